The number of alkyl halides is 2. The molecule has 1 unspecified atom stereocenters. The van der Waals surface area contributed by atoms with Crippen molar-refractivity contribution in [3.05, 3.63) is 0 Å². The summed E-state index contributed by atoms with van der Waals surface area (Å²) >= 11 is -0.757. The summed E-state index contributed by atoms with van der Waals surface area (Å²) in [4.78, 5) is 22.5. The van der Waals surface area contributed by atoms with Gasteiger partial charge >= 0.3 is 17.2 Å². The van der Waals surface area contributed by atoms with Crippen LogP contribution in [-0.4, -0.2) is 34.7 Å². The van der Waals surface area contributed by atoms with Gasteiger partial charge in [0.25, 0.3) is 0 Å². The lowest BCUT2D eigenvalue weighted by molar-refractivity contribution is -0.433. The summed E-state index contributed by atoms with van der Waals surface area (Å²) < 4.78 is 38.7. The molecule has 1 rings (SSSR count). The molecule has 104 valence electrons. The third kappa shape index (κ3) is 3.51. The first-order chi connectivity index (χ1) is 8.32. The molecule has 0 aromatic carbocycles. The molecule has 0 aromatic heterocycles. The third-order valence-corrected chi connectivity index (χ3v) is 2.69. The Kier molecular flexibility index (Phi) is 4.85. The molecule has 0 bridgehead atoms. The standard InChI is InChI=1S/C8H10F2O7S/c1-7(3-2-4-14-5(7)11)15-6(12)8(9,10)18-17-16-13/h13H,2-4H2,1H3. The van der Waals surface area contributed by atoms with Crippen molar-refractivity contribution in [1.82, 2.24) is 0 Å². The van der Waals surface area contributed by atoms with Gasteiger partial charge in [-0.3, -0.25) is 0 Å². The molecule has 0 aromatic rings. The van der Waals surface area contributed by atoms with E-state index < -0.39 is 34.8 Å². The lowest BCUT2D eigenvalue weighted by Gasteiger charge is -2.31. The molecule has 1 fully saturated rings. The minimum Gasteiger partial charge on any atom is -0.463 e. The van der Waals surface area contributed by atoms with Crippen LogP contribution in [0.2, 0.25) is 0 Å². The van der Waals surface area contributed by atoms with Crippen molar-refractivity contribution >= 4 is 24.0 Å². The molecule has 1 N–H and O–H groups in total. The summed E-state index contributed by atoms with van der Waals surface area (Å²) in [5.41, 5.74) is -1.75. The van der Waals surface area contributed by atoms with E-state index in [9.17, 15) is 18.4 Å². The van der Waals surface area contributed by atoms with Crippen molar-refractivity contribution < 1.29 is 42.5 Å². The quantitative estimate of drug-likeness (QED) is 0.350. The Morgan fingerprint density at radius 1 is 1.61 bits per heavy atom. The first-order valence-corrected chi connectivity index (χ1v) is 5.50. The van der Waals surface area contributed by atoms with Crippen LogP contribution < -0.4 is 0 Å². The zero-order valence-electron chi connectivity index (χ0n) is 9.18. The van der Waals surface area contributed by atoms with Crippen LogP contribution in [-0.2, 0) is 28.4 Å². The molecule has 1 atom stereocenters. The number of hydrogen-bond acceptors (Lipinski definition) is 8. The molecular weight excluding hydrogens is 278 g/mol. The topological polar surface area (TPSA) is 91.3 Å². The van der Waals surface area contributed by atoms with Gasteiger partial charge in [-0.05, 0) is 13.3 Å². The van der Waals surface area contributed by atoms with Crippen LogP contribution in [0, 0.1) is 0 Å². The van der Waals surface area contributed by atoms with Crippen molar-refractivity contribution in [3.63, 3.8) is 0 Å². The average molecular weight is 288 g/mol. The molecule has 1 aliphatic heterocycles. The highest BCUT2D eigenvalue weighted by Gasteiger charge is 2.50. The van der Waals surface area contributed by atoms with Crippen molar-refractivity contribution in [1.29, 1.82) is 0 Å². The van der Waals surface area contributed by atoms with E-state index in [2.05, 4.69) is 18.8 Å². The van der Waals surface area contributed by atoms with Crippen molar-refractivity contribution in [2.75, 3.05) is 6.61 Å². The van der Waals surface area contributed by atoms with Crippen LogP contribution in [0.15, 0.2) is 0 Å². The first-order valence-electron chi connectivity index (χ1n) is 4.76. The fraction of sp³-hybridized carbons (Fsp3) is 0.750. The third-order valence-electron chi connectivity index (χ3n) is 2.19. The van der Waals surface area contributed by atoms with Gasteiger partial charge in [0.1, 0.15) is 12.0 Å². The number of ether oxygens (including phenoxy) is 2. The Morgan fingerprint density at radius 2 is 2.28 bits per heavy atom. The van der Waals surface area contributed by atoms with E-state index in [-0.39, 0.29) is 13.0 Å². The predicted octanol–water partition coefficient (Wildman–Crippen LogP) is 1.29. The van der Waals surface area contributed by atoms with Gasteiger partial charge in [0.05, 0.1) is 6.61 Å². The minimum atomic E-state index is -4.14. The van der Waals surface area contributed by atoms with Crippen LogP contribution in [0.25, 0.3) is 0 Å². The number of cyclic esters (lactones) is 1. The van der Waals surface area contributed by atoms with E-state index in [1.165, 1.54) is 6.92 Å². The smallest absolute Gasteiger partial charge is 0.415 e. The highest BCUT2D eigenvalue weighted by atomic mass is 32.2. The van der Waals surface area contributed by atoms with Crippen LogP contribution in [0.1, 0.15) is 19.8 Å². The molecule has 18 heavy (non-hydrogen) atoms. The Labute approximate surface area is 104 Å². The molecule has 7 nitrogen and oxygen atoms in total. The first kappa shape index (κ1) is 15.1. The van der Waals surface area contributed by atoms with E-state index in [0.29, 0.717) is 6.42 Å². The van der Waals surface area contributed by atoms with Crippen LogP contribution >= 0.6 is 12.0 Å². The zero-order valence-corrected chi connectivity index (χ0v) is 10.00. The fourth-order valence-electron chi connectivity index (χ4n) is 1.28. The molecule has 0 amide bonds. The average Bonchev–Trinajstić information content (AvgIpc) is 2.30. The lowest BCUT2D eigenvalue weighted by atomic mass is 9.98. The minimum absolute atomic E-state index is 0.0790. The van der Waals surface area contributed by atoms with Gasteiger partial charge in [-0.1, -0.05) is 5.04 Å². The summed E-state index contributed by atoms with van der Waals surface area (Å²) in [5.74, 6) is -2.88. The molecular formula is C8H10F2O7S. The van der Waals surface area contributed by atoms with Crippen molar-refractivity contribution in [2.24, 2.45) is 0 Å². The van der Waals surface area contributed by atoms with Crippen LogP contribution in [0.5, 0.6) is 0 Å². The number of halogens is 2. The highest BCUT2D eigenvalue weighted by Crippen LogP contribution is 2.34. The van der Waals surface area contributed by atoms with E-state index in [1.54, 1.807) is 0 Å². The Balaban J connectivity index is 2.65. The molecule has 1 heterocycles. The predicted molar refractivity (Wildman–Crippen MR) is 52.0 cm³/mol. The molecule has 0 radical (unpaired) electrons. The molecule has 1 aliphatic rings. The number of esters is 2. The number of carbonyl (C=O) groups excluding carboxylic acids is 2. The Morgan fingerprint density at radius 3 is 2.83 bits per heavy atom. The maximum atomic E-state index is 13.1. The largest absolute Gasteiger partial charge is 0.463 e. The van der Waals surface area contributed by atoms with Gasteiger partial charge in [0, 0.05) is 6.42 Å². The van der Waals surface area contributed by atoms with Gasteiger partial charge < -0.3 is 9.47 Å². The van der Waals surface area contributed by atoms with Crippen LogP contribution in [0.4, 0.5) is 8.78 Å². The Bertz CT molecular complexity index is 337. The molecule has 0 aliphatic carbocycles. The second kappa shape index (κ2) is 5.78. The Hall–Kier alpha value is -0.970. The van der Waals surface area contributed by atoms with Crippen molar-refractivity contribution in [2.45, 2.75) is 30.6 Å². The van der Waals surface area contributed by atoms with Gasteiger partial charge in [0.2, 0.25) is 5.60 Å². The van der Waals surface area contributed by atoms with Gasteiger partial charge in [-0.15, -0.1) is 4.33 Å². The molecule has 10 heteroatoms. The summed E-state index contributed by atoms with van der Waals surface area (Å²) in [6, 6.07) is 0. The number of hydrogen-bond donors (Lipinski definition) is 1. The van der Waals surface area contributed by atoms with E-state index in [1.807, 2.05) is 0 Å². The van der Waals surface area contributed by atoms with E-state index in [0.717, 1.165) is 0 Å². The molecule has 0 saturated carbocycles. The normalized spacial score (nSPS) is 24.6. The second-order valence-corrected chi connectivity index (χ2v) is 4.42. The summed E-state index contributed by atoms with van der Waals surface area (Å²) in [6.07, 6.45) is 0.472. The van der Waals surface area contributed by atoms with E-state index >= 15 is 0 Å². The van der Waals surface area contributed by atoms with Gasteiger partial charge in [-0.25, -0.2) is 14.8 Å². The zero-order chi connectivity index (χ0) is 13.8. The SMILES string of the molecule is CC1(OC(=O)C(F)(F)SOOO)CCCOC1=O. The second-order valence-electron chi connectivity index (χ2n) is 3.60. The van der Waals surface area contributed by atoms with Gasteiger partial charge in [0.15, 0.2) is 0 Å². The summed E-state index contributed by atoms with van der Waals surface area (Å²) in [7, 11) is 0. The lowest BCUT2D eigenvalue weighted by Crippen LogP contribution is -2.47. The number of rotatable bonds is 5. The maximum absolute atomic E-state index is 13.1. The number of carbonyl (C=O) groups is 2. The summed E-state index contributed by atoms with van der Waals surface area (Å²) in [6.45, 7) is 1.33. The fourth-order valence-corrected chi connectivity index (χ4v) is 1.50. The molecule has 1 saturated heterocycles. The maximum Gasteiger partial charge on any atom is 0.415 e. The van der Waals surface area contributed by atoms with Crippen LogP contribution in [0.3, 0.4) is 0 Å². The van der Waals surface area contributed by atoms with Crippen molar-refractivity contribution in [3.8, 4) is 0 Å². The van der Waals surface area contributed by atoms with Gasteiger partial charge in [-0.2, -0.15) is 8.78 Å². The summed E-state index contributed by atoms with van der Waals surface area (Å²) in [5, 5.41) is 6.54. The molecule has 0 spiro atoms. The monoisotopic (exact) mass is 288 g/mol. The highest BCUT2D eigenvalue weighted by molar-refractivity contribution is 7.96. The van der Waals surface area contributed by atoms with E-state index in [4.69, 9.17) is 5.26 Å².